The Balaban J connectivity index is 1.91. The molecule has 170 valence electrons. The van der Waals surface area contributed by atoms with Crippen molar-refractivity contribution >= 4 is 35.2 Å². The van der Waals surface area contributed by atoms with Crippen molar-refractivity contribution in [1.82, 2.24) is 9.88 Å². The van der Waals surface area contributed by atoms with Crippen molar-refractivity contribution in [2.75, 3.05) is 25.6 Å². The highest BCUT2D eigenvalue weighted by Gasteiger charge is 2.15. The number of hydrogen-bond acceptors (Lipinski definition) is 4. The van der Waals surface area contributed by atoms with Gasteiger partial charge in [0.15, 0.2) is 0 Å². The van der Waals surface area contributed by atoms with E-state index in [0.29, 0.717) is 23.7 Å². The van der Waals surface area contributed by atoms with Gasteiger partial charge in [-0.05, 0) is 69.2 Å². The maximum atomic E-state index is 12.4. The van der Waals surface area contributed by atoms with Gasteiger partial charge in [-0.2, -0.15) is 5.26 Å². The van der Waals surface area contributed by atoms with E-state index in [9.17, 15) is 14.9 Å². The van der Waals surface area contributed by atoms with Crippen LogP contribution in [0.5, 0.6) is 0 Å². The first-order chi connectivity index (χ1) is 15.3. The topological polar surface area (TPSA) is 96.2 Å². The second kappa shape index (κ2) is 12.1. The molecular weight excluding hydrogens is 428 g/mol. The van der Waals surface area contributed by atoms with Crippen molar-refractivity contribution < 1.29 is 14.3 Å². The molecule has 1 aromatic heterocycles. The molecule has 1 atom stereocenters. The summed E-state index contributed by atoms with van der Waals surface area (Å²) in [5, 5.41) is 15.5. The Morgan fingerprint density at radius 2 is 1.97 bits per heavy atom. The van der Waals surface area contributed by atoms with E-state index in [0.717, 1.165) is 17.0 Å². The Morgan fingerprint density at radius 3 is 2.59 bits per heavy atom. The van der Waals surface area contributed by atoms with Gasteiger partial charge < -0.3 is 19.9 Å². The summed E-state index contributed by atoms with van der Waals surface area (Å²) in [4.78, 5) is 24.5. The summed E-state index contributed by atoms with van der Waals surface area (Å²) in [5.74, 6) is -0.615. The van der Waals surface area contributed by atoms with Gasteiger partial charge in [0.25, 0.3) is 5.91 Å². The molecule has 0 saturated carbocycles. The number of hydrogen-bond donors (Lipinski definition) is 2. The first kappa shape index (κ1) is 25.2. The molecule has 0 spiro atoms. The van der Waals surface area contributed by atoms with Crippen LogP contribution in [0.4, 0.5) is 5.69 Å². The summed E-state index contributed by atoms with van der Waals surface area (Å²) < 4.78 is 7.37. The first-order valence-electron chi connectivity index (χ1n) is 10.4. The summed E-state index contributed by atoms with van der Waals surface area (Å²) in [7, 11) is 1.66. The maximum Gasteiger partial charge on any atom is 0.261 e. The van der Waals surface area contributed by atoms with Gasteiger partial charge >= 0.3 is 0 Å². The molecule has 1 aromatic carbocycles. The third-order valence-corrected chi connectivity index (χ3v) is 5.28. The van der Waals surface area contributed by atoms with Gasteiger partial charge in [-0.1, -0.05) is 11.6 Å². The van der Waals surface area contributed by atoms with E-state index < -0.39 is 5.91 Å². The molecule has 32 heavy (non-hydrogen) atoms. The average molecular weight is 457 g/mol. The van der Waals surface area contributed by atoms with E-state index in [-0.39, 0.29) is 30.5 Å². The van der Waals surface area contributed by atoms with Gasteiger partial charge in [-0.3, -0.25) is 9.59 Å². The molecule has 2 amide bonds. The number of amides is 2. The summed E-state index contributed by atoms with van der Waals surface area (Å²) in [6, 6.07) is 10.9. The van der Waals surface area contributed by atoms with Crippen LogP contribution >= 0.6 is 11.6 Å². The molecule has 1 heterocycles. The Morgan fingerprint density at radius 1 is 1.28 bits per heavy atom. The highest BCUT2D eigenvalue weighted by molar-refractivity contribution is 6.30. The first-order valence-corrected chi connectivity index (χ1v) is 10.8. The highest BCUT2D eigenvalue weighted by atomic mass is 35.5. The van der Waals surface area contributed by atoms with Crippen LogP contribution in [0.1, 0.15) is 42.8 Å². The zero-order valence-electron chi connectivity index (χ0n) is 18.9. The lowest BCUT2D eigenvalue weighted by Crippen LogP contribution is -2.26. The largest absolute Gasteiger partial charge is 0.383 e. The molecular formula is C24H29ClN4O3. The van der Waals surface area contributed by atoms with E-state index >= 15 is 0 Å². The average Bonchev–Trinajstić information content (AvgIpc) is 3.04. The molecule has 7 nitrogen and oxygen atoms in total. The molecule has 2 N–H and O–H groups in total. The Labute approximate surface area is 194 Å². The number of benzene rings is 1. The fraction of sp³-hybridized carbons (Fsp3) is 0.375. The summed E-state index contributed by atoms with van der Waals surface area (Å²) in [6.45, 7) is 6.85. The van der Waals surface area contributed by atoms with Crippen LogP contribution < -0.4 is 10.6 Å². The summed E-state index contributed by atoms with van der Waals surface area (Å²) >= 11 is 5.83. The number of carbonyl (C=O) groups is 2. The highest BCUT2D eigenvalue weighted by Crippen LogP contribution is 2.23. The minimum atomic E-state index is -0.458. The molecule has 0 aliphatic carbocycles. The zero-order valence-corrected chi connectivity index (χ0v) is 19.6. The molecule has 0 radical (unpaired) electrons. The number of aromatic nitrogens is 1. The van der Waals surface area contributed by atoms with E-state index in [1.807, 2.05) is 26.0 Å². The van der Waals surface area contributed by atoms with Crippen molar-refractivity contribution in [3.8, 4) is 6.07 Å². The Kier molecular flexibility index (Phi) is 9.51. The van der Waals surface area contributed by atoms with Gasteiger partial charge in [0.05, 0.1) is 12.6 Å². The predicted octanol–water partition coefficient (Wildman–Crippen LogP) is 4.41. The maximum absolute atomic E-state index is 12.4. The molecule has 2 aromatic rings. The number of aryl methyl sites for hydroxylation is 1. The second-order valence-electron chi connectivity index (χ2n) is 7.59. The van der Waals surface area contributed by atoms with Gasteiger partial charge in [-0.25, -0.2) is 0 Å². The van der Waals surface area contributed by atoms with E-state index in [1.165, 1.54) is 0 Å². The third-order valence-electron chi connectivity index (χ3n) is 5.03. The quantitative estimate of drug-likeness (QED) is 0.314. The van der Waals surface area contributed by atoms with Crippen molar-refractivity contribution in [2.24, 2.45) is 0 Å². The molecule has 0 saturated heterocycles. The van der Waals surface area contributed by atoms with Gasteiger partial charge in [0.1, 0.15) is 11.6 Å². The minimum Gasteiger partial charge on any atom is -0.383 e. The summed E-state index contributed by atoms with van der Waals surface area (Å²) in [5.41, 5.74) is 3.50. The normalized spacial score (nSPS) is 12.2. The number of carbonyl (C=O) groups excluding carboxylic acids is 2. The van der Waals surface area contributed by atoms with E-state index in [2.05, 4.69) is 22.1 Å². The van der Waals surface area contributed by atoms with Crippen LogP contribution in [0, 0.1) is 25.2 Å². The van der Waals surface area contributed by atoms with Crippen LogP contribution in [0.25, 0.3) is 6.08 Å². The molecule has 0 aliphatic heterocycles. The van der Waals surface area contributed by atoms with Crippen molar-refractivity contribution in [3.05, 3.63) is 57.9 Å². The lowest BCUT2D eigenvalue weighted by atomic mass is 10.1. The number of nitrogens with one attached hydrogen (secondary N) is 2. The lowest BCUT2D eigenvalue weighted by molar-refractivity contribution is -0.118. The fourth-order valence-electron chi connectivity index (χ4n) is 3.55. The lowest BCUT2D eigenvalue weighted by Gasteiger charge is -2.17. The van der Waals surface area contributed by atoms with Crippen molar-refractivity contribution in [1.29, 1.82) is 5.26 Å². The third kappa shape index (κ3) is 6.98. The number of anilines is 1. The molecule has 1 unspecified atom stereocenters. The smallest absolute Gasteiger partial charge is 0.261 e. The number of nitriles is 1. The molecule has 0 fully saturated rings. The number of methoxy groups -OCH3 is 1. The van der Waals surface area contributed by atoms with Crippen molar-refractivity contribution in [3.63, 3.8) is 0 Å². The number of nitrogens with zero attached hydrogens (tertiary/aromatic N) is 2. The van der Waals surface area contributed by atoms with E-state index in [4.69, 9.17) is 16.3 Å². The number of halogens is 1. The molecule has 0 aliphatic rings. The molecule has 0 bridgehead atoms. The standard InChI is InChI=1S/C24H29ClN4O3/c1-16-12-19(18(3)29(16)17(2)15-32-4)13-20(14-26)24(31)27-11-5-6-23(30)28-22-9-7-21(25)8-10-22/h7-10,12-13,17H,5-6,11,15H2,1-4H3,(H,27,31)(H,28,30)/b20-13-. The van der Waals surface area contributed by atoms with Crippen LogP contribution in [-0.4, -0.2) is 36.6 Å². The van der Waals surface area contributed by atoms with Crippen LogP contribution in [0.2, 0.25) is 5.02 Å². The SMILES string of the molecule is COCC(C)n1c(C)cc(/C=C(/C#N)C(=O)NCCCC(=O)Nc2ccc(Cl)cc2)c1C. The van der Waals surface area contributed by atoms with Gasteiger partial charge in [-0.15, -0.1) is 0 Å². The molecule has 8 heteroatoms. The second-order valence-corrected chi connectivity index (χ2v) is 8.02. The number of rotatable bonds is 10. The van der Waals surface area contributed by atoms with Gasteiger partial charge in [0.2, 0.25) is 5.91 Å². The monoisotopic (exact) mass is 456 g/mol. The Bertz CT molecular complexity index is 1020. The van der Waals surface area contributed by atoms with Crippen molar-refractivity contribution in [2.45, 2.75) is 39.7 Å². The zero-order chi connectivity index (χ0) is 23.7. The van der Waals surface area contributed by atoms with Crippen LogP contribution in [0.15, 0.2) is 35.9 Å². The van der Waals surface area contributed by atoms with E-state index in [1.54, 1.807) is 37.5 Å². The van der Waals surface area contributed by atoms with Crippen LogP contribution in [0.3, 0.4) is 0 Å². The predicted molar refractivity (Wildman–Crippen MR) is 126 cm³/mol. The number of ether oxygens (including phenoxy) is 1. The summed E-state index contributed by atoms with van der Waals surface area (Å²) in [6.07, 6.45) is 2.29. The Hall–Kier alpha value is -3.08. The van der Waals surface area contributed by atoms with Crippen LogP contribution in [-0.2, 0) is 14.3 Å². The minimum absolute atomic E-state index is 0.0234. The fourth-order valence-corrected chi connectivity index (χ4v) is 3.68. The van der Waals surface area contributed by atoms with Gasteiger partial charge in [0, 0.05) is 42.2 Å². The molecule has 2 rings (SSSR count).